The normalized spacial score (nSPS) is 15.2. The van der Waals surface area contributed by atoms with E-state index >= 15 is 0 Å². The van der Waals surface area contributed by atoms with Gasteiger partial charge in [-0.3, -0.25) is 4.79 Å². The van der Waals surface area contributed by atoms with Crippen molar-refractivity contribution in [3.8, 4) is 0 Å². The van der Waals surface area contributed by atoms with Gasteiger partial charge in [-0.25, -0.2) is 0 Å². The van der Waals surface area contributed by atoms with Crippen molar-refractivity contribution in [1.82, 2.24) is 5.32 Å². The first-order valence-electron chi connectivity index (χ1n) is 6.53. The van der Waals surface area contributed by atoms with Gasteiger partial charge >= 0.3 is 6.18 Å². The third-order valence-electron chi connectivity index (χ3n) is 3.30. The van der Waals surface area contributed by atoms with Gasteiger partial charge in [0.15, 0.2) is 0 Å². The minimum absolute atomic E-state index is 0.301. The minimum Gasteiger partial charge on any atom is -0.352 e. The molecule has 0 spiro atoms. The van der Waals surface area contributed by atoms with Crippen molar-refractivity contribution >= 4 is 21.8 Å². The van der Waals surface area contributed by atoms with E-state index in [2.05, 4.69) is 21.2 Å². The molecular formula is C14H15BrF3NO. The summed E-state index contributed by atoms with van der Waals surface area (Å²) in [6.07, 6.45) is -0.219. The second-order valence-electron chi connectivity index (χ2n) is 5.03. The van der Waals surface area contributed by atoms with Crippen molar-refractivity contribution in [2.45, 2.75) is 31.9 Å². The maximum atomic E-state index is 12.9. The van der Waals surface area contributed by atoms with Gasteiger partial charge in [-0.1, -0.05) is 28.8 Å². The molecule has 2 rings (SSSR count). The zero-order valence-corrected chi connectivity index (χ0v) is 12.4. The summed E-state index contributed by atoms with van der Waals surface area (Å²) in [5, 5.41) is 2.56. The summed E-state index contributed by atoms with van der Waals surface area (Å²) in [6, 6.07) is 3.57. The van der Waals surface area contributed by atoms with Crippen molar-refractivity contribution in [2.75, 3.05) is 6.54 Å². The zero-order valence-electron chi connectivity index (χ0n) is 10.8. The van der Waals surface area contributed by atoms with Gasteiger partial charge in [0.05, 0.1) is 11.1 Å². The maximum absolute atomic E-state index is 12.9. The first-order chi connectivity index (χ1) is 9.38. The number of alkyl halides is 3. The molecule has 0 heterocycles. The number of benzene rings is 1. The molecule has 0 aliphatic heterocycles. The number of carbonyl (C=O) groups excluding carboxylic acids is 1. The fourth-order valence-electron chi connectivity index (χ4n) is 2.04. The van der Waals surface area contributed by atoms with Crippen molar-refractivity contribution in [3.05, 3.63) is 33.8 Å². The van der Waals surface area contributed by atoms with E-state index in [9.17, 15) is 18.0 Å². The van der Waals surface area contributed by atoms with E-state index in [1.807, 2.05) is 0 Å². The topological polar surface area (TPSA) is 29.1 Å². The Morgan fingerprint density at radius 2 is 2.05 bits per heavy atom. The predicted molar refractivity (Wildman–Crippen MR) is 73.4 cm³/mol. The lowest BCUT2D eigenvalue weighted by molar-refractivity contribution is -0.138. The molecule has 2 nitrogen and oxygen atoms in total. The van der Waals surface area contributed by atoms with Gasteiger partial charge in [0.1, 0.15) is 0 Å². The fraction of sp³-hybridized carbons (Fsp3) is 0.500. The first-order valence-corrected chi connectivity index (χ1v) is 7.32. The van der Waals surface area contributed by atoms with E-state index in [0.717, 1.165) is 24.8 Å². The number of hydrogen-bond donors (Lipinski definition) is 1. The van der Waals surface area contributed by atoms with Crippen LogP contribution in [-0.4, -0.2) is 12.5 Å². The second-order valence-corrected chi connectivity index (χ2v) is 5.94. The molecule has 0 aromatic heterocycles. The number of amides is 1. The van der Waals surface area contributed by atoms with E-state index < -0.39 is 17.6 Å². The van der Waals surface area contributed by atoms with Crippen LogP contribution in [0.25, 0.3) is 0 Å². The Bertz CT molecular complexity index is 498. The van der Waals surface area contributed by atoms with Crippen LogP contribution >= 0.6 is 15.9 Å². The summed E-state index contributed by atoms with van der Waals surface area (Å²) < 4.78 is 39.0. The average Bonchev–Trinajstić information content (AvgIpc) is 3.17. The van der Waals surface area contributed by atoms with Gasteiger partial charge in [0, 0.05) is 11.0 Å². The lowest BCUT2D eigenvalue weighted by Gasteiger charge is -2.13. The van der Waals surface area contributed by atoms with Gasteiger partial charge in [-0.15, -0.1) is 0 Å². The smallest absolute Gasteiger partial charge is 0.352 e. The molecule has 110 valence electrons. The Morgan fingerprint density at radius 3 is 2.65 bits per heavy atom. The highest BCUT2D eigenvalue weighted by atomic mass is 79.9. The predicted octanol–water partition coefficient (Wildman–Crippen LogP) is 4.39. The molecule has 1 amide bonds. The SMILES string of the molecule is O=C(NCCCC1CC1)c1ccc(Br)cc1C(F)(F)F. The molecular weight excluding hydrogens is 335 g/mol. The molecule has 0 bridgehead atoms. The van der Waals surface area contributed by atoms with Gasteiger partial charge < -0.3 is 5.32 Å². The standard InChI is InChI=1S/C14H15BrF3NO/c15-10-5-6-11(12(8-10)14(16,17)18)13(20)19-7-1-2-9-3-4-9/h5-6,8-9H,1-4,7H2,(H,19,20). The Hall–Kier alpha value is -1.04. The third kappa shape index (κ3) is 4.23. The van der Waals surface area contributed by atoms with Crippen LogP contribution in [0.15, 0.2) is 22.7 Å². The van der Waals surface area contributed by atoms with Gasteiger partial charge in [0.25, 0.3) is 5.91 Å². The van der Waals surface area contributed by atoms with Crippen molar-refractivity contribution in [3.63, 3.8) is 0 Å². The van der Waals surface area contributed by atoms with Crippen LogP contribution in [0.3, 0.4) is 0 Å². The Morgan fingerprint density at radius 1 is 1.35 bits per heavy atom. The molecule has 1 fully saturated rings. The third-order valence-corrected chi connectivity index (χ3v) is 3.80. The first kappa shape index (κ1) is 15.4. The van der Waals surface area contributed by atoms with E-state index in [1.165, 1.54) is 25.0 Å². The molecule has 0 radical (unpaired) electrons. The molecule has 1 aromatic rings. The second kappa shape index (κ2) is 6.16. The molecule has 6 heteroatoms. The van der Waals surface area contributed by atoms with E-state index in [1.54, 1.807) is 0 Å². The molecule has 0 saturated heterocycles. The van der Waals surface area contributed by atoms with Crippen LogP contribution in [0, 0.1) is 5.92 Å². The largest absolute Gasteiger partial charge is 0.417 e. The van der Waals surface area contributed by atoms with E-state index in [4.69, 9.17) is 0 Å². The number of hydrogen-bond acceptors (Lipinski definition) is 1. The van der Waals surface area contributed by atoms with Crippen LogP contribution in [0.2, 0.25) is 0 Å². The van der Waals surface area contributed by atoms with E-state index in [-0.39, 0.29) is 5.56 Å². The van der Waals surface area contributed by atoms with Gasteiger partial charge in [0.2, 0.25) is 0 Å². The summed E-state index contributed by atoms with van der Waals surface area (Å²) in [7, 11) is 0. The van der Waals surface area contributed by atoms with Crippen molar-refractivity contribution in [2.24, 2.45) is 5.92 Å². The summed E-state index contributed by atoms with van der Waals surface area (Å²) >= 11 is 2.99. The molecule has 1 N–H and O–H groups in total. The molecule has 1 aromatic carbocycles. The van der Waals surface area contributed by atoms with Crippen LogP contribution in [0.4, 0.5) is 13.2 Å². The number of rotatable bonds is 5. The summed E-state index contributed by atoms with van der Waals surface area (Å²) in [5.74, 6) is 0.0888. The van der Waals surface area contributed by atoms with Crippen LogP contribution in [0.5, 0.6) is 0 Å². The van der Waals surface area contributed by atoms with Crippen LogP contribution < -0.4 is 5.32 Å². The zero-order chi connectivity index (χ0) is 14.8. The van der Waals surface area contributed by atoms with Gasteiger partial charge in [-0.05, 0) is 37.0 Å². The van der Waals surface area contributed by atoms with Crippen LogP contribution in [-0.2, 0) is 6.18 Å². The molecule has 1 aliphatic rings. The van der Waals surface area contributed by atoms with Crippen molar-refractivity contribution in [1.29, 1.82) is 0 Å². The van der Waals surface area contributed by atoms with Crippen molar-refractivity contribution < 1.29 is 18.0 Å². The summed E-state index contributed by atoms with van der Waals surface area (Å²) in [4.78, 5) is 11.9. The Kier molecular flexibility index (Phi) is 4.73. The molecule has 0 atom stereocenters. The monoisotopic (exact) mass is 349 g/mol. The maximum Gasteiger partial charge on any atom is 0.417 e. The van der Waals surface area contributed by atoms with Crippen LogP contribution in [0.1, 0.15) is 41.6 Å². The average molecular weight is 350 g/mol. The number of carbonyl (C=O) groups is 1. The highest BCUT2D eigenvalue weighted by Gasteiger charge is 2.35. The number of nitrogens with one attached hydrogen (secondary N) is 1. The van der Waals surface area contributed by atoms with Gasteiger partial charge in [-0.2, -0.15) is 13.2 Å². The quantitative estimate of drug-likeness (QED) is 0.785. The summed E-state index contributed by atoms with van der Waals surface area (Å²) in [5.41, 5.74) is -1.24. The molecule has 1 aliphatic carbocycles. The van der Waals surface area contributed by atoms with E-state index in [0.29, 0.717) is 11.0 Å². The lowest BCUT2D eigenvalue weighted by atomic mass is 10.1. The Balaban J connectivity index is 2.00. The fourth-order valence-corrected chi connectivity index (χ4v) is 2.40. The highest BCUT2D eigenvalue weighted by molar-refractivity contribution is 9.10. The summed E-state index contributed by atoms with van der Waals surface area (Å²) in [6.45, 7) is 0.419. The molecule has 0 unspecified atom stereocenters. The molecule has 20 heavy (non-hydrogen) atoms. The lowest BCUT2D eigenvalue weighted by Crippen LogP contribution is -2.27. The number of halogens is 4. The molecule has 1 saturated carbocycles. The highest BCUT2D eigenvalue weighted by Crippen LogP contribution is 2.34. The Labute approximate surface area is 123 Å². The minimum atomic E-state index is -4.54.